The van der Waals surface area contributed by atoms with Crippen molar-refractivity contribution in [2.75, 3.05) is 39.6 Å². The molecule has 0 saturated carbocycles. The number of ether oxygens (including phenoxy) is 4. The van der Waals surface area contributed by atoms with Gasteiger partial charge in [0.15, 0.2) is 12.2 Å². The fourth-order valence-corrected chi connectivity index (χ4v) is 10.4. The summed E-state index contributed by atoms with van der Waals surface area (Å²) in [5.74, 6) is -0.700. The van der Waals surface area contributed by atoms with Crippen LogP contribution in [0.4, 0.5) is 0 Å². The maximum Gasteiger partial charge on any atom is 0.472 e. The Hall–Kier alpha value is -1.94. The van der Waals surface area contributed by atoms with Gasteiger partial charge in [-0.25, -0.2) is 9.13 Å². The van der Waals surface area contributed by atoms with E-state index in [-0.39, 0.29) is 25.7 Å². The van der Waals surface area contributed by atoms with E-state index in [2.05, 4.69) is 41.5 Å². The molecule has 79 heavy (non-hydrogen) atoms. The first-order valence-electron chi connectivity index (χ1n) is 31.5. The molecule has 0 aliphatic carbocycles. The van der Waals surface area contributed by atoms with Crippen molar-refractivity contribution in [1.29, 1.82) is 0 Å². The second-order valence-corrected chi connectivity index (χ2v) is 25.6. The minimum Gasteiger partial charge on any atom is -0.462 e. The van der Waals surface area contributed by atoms with Crippen molar-refractivity contribution in [3.63, 3.8) is 0 Å². The summed E-state index contributed by atoms with van der Waals surface area (Å²) in [4.78, 5) is 71.9. The Kier molecular flexibility index (Phi) is 51.5. The molecule has 0 bridgehead atoms. The summed E-state index contributed by atoms with van der Waals surface area (Å²) in [6, 6.07) is 0. The summed E-state index contributed by atoms with van der Waals surface area (Å²) in [6.07, 6.45) is 33.6. The normalized spacial score (nSPS) is 14.4. The van der Waals surface area contributed by atoms with Crippen molar-refractivity contribution in [1.82, 2.24) is 0 Å². The number of carbonyl (C=O) groups excluding carboxylic acids is 4. The molecule has 5 atom stereocenters. The van der Waals surface area contributed by atoms with E-state index in [1.165, 1.54) is 103 Å². The highest BCUT2D eigenvalue weighted by molar-refractivity contribution is 7.47. The number of carbonyl (C=O) groups is 4. The number of aliphatic hydroxyl groups is 1. The van der Waals surface area contributed by atoms with Gasteiger partial charge in [0, 0.05) is 25.7 Å². The van der Waals surface area contributed by atoms with E-state index in [0.717, 1.165) is 108 Å². The van der Waals surface area contributed by atoms with E-state index in [1.54, 1.807) is 0 Å². The lowest BCUT2D eigenvalue weighted by atomic mass is 10.0. The van der Waals surface area contributed by atoms with E-state index < -0.39 is 97.5 Å². The highest BCUT2D eigenvalue weighted by atomic mass is 31.2. The van der Waals surface area contributed by atoms with Crippen LogP contribution in [0.2, 0.25) is 0 Å². The van der Waals surface area contributed by atoms with Gasteiger partial charge in [-0.2, -0.15) is 0 Å². The summed E-state index contributed by atoms with van der Waals surface area (Å²) in [5, 5.41) is 10.5. The van der Waals surface area contributed by atoms with Crippen LogP contribution in [0.5, 0.6) is 0 Å². The lowest BCUT2D eigenvalue weighted by Gasteiger charge is -2.21. The van der Waals surface area contributed by atoms with Gasteiger partial charge in [0.05, 0.1) is 26.4 Å². The molecule has 468 valence electrons. The van der Waals surface area contributed by atoms with E-state index in [9.17, 15) is 43.2 Å². The molecule has 0 spiro atoms. The zero-order valence-corrected chi connectivity index (χ0v) is 52.4. The molecule has 0 saturated heterocycles. The maximum atomic E-state index is 12.9. The highest BCUT2D eigenvalue weighted by Crippen LogP contribution is 2.45. The smallest absolute Gasteiger partial charge is 0.462 e. The molecule has 0 fully saturated rings. The molecule has 0 aromatic heterocycles. The van der Waals surface area contributed by atoms with Gasteiger partial charge < -0.3 is 33.8 Å². The Bertz CT molecular complexity index is 1560. The van der Waals surface area contributed by atoms with Crippen LogP contribution >= 0.6 is 15.6 Å². The number of hydrogen-bond donors (Lipinski definition) is 3. The molecule has 0 aromatic rings. The molecule has 17 nitrogen and oxygen atoms in total. The molecule has 2 unspecified atom stereocenters. The summed E-state index contributed by atoms with van der Waals surface area (Å²) in [6.45, 7) is 9.34. The minimum absolute atomic E-state index is 0.104. The zero-order valence-electron chi connectivity index (χ0n) is 50.7. The fourth-order valence-electron chi connectivity index (χ4n) is 8.82. The lowest BCUT2D eigenvalue weighted by Crippen LogP contribution is -2.30. The number of unbranched alkanes of at least 4 members (excludes halogenated alkanes) is 29. The topological polar surface area (TPSA) is 237 Å². The predicted octanol–water partition coefficient (Wildman–Crippen LogP) is 16.1. The third-order valence-corrected chi connectivity index (χ3v) is 15.6. The molecule has 19 heteroatoms. The van der Waals surface area contributed by atoms with Crippen LogP contribution in [-0.4, -0.2) is 96.7 Å². The van der Waals surface area contributed by atoms with Gasteiger partial charge in [-0.3, -0.25) is 37.3 Å². The number of rotatable bonds is 59. The fraction of sp³-hybridized carbons (Fsp3) is 0.933. The summed E-state index contributed by atoms with van der Waals surface area (Å²) in [5.41, 5.74) is 0. The van der Waals surface area contributed by atoms with Gasteiger partial charge in [0.25, 0.3) is 0 Å². The molecule has 0 radical (unpaired) electrons. The van der Waals surface area contributed by atoms with Gasteiger partial charge in [-0.05, 0) is 37.5 Å². The third-order valence-electron chi connectivity index (χ3n) is 13.7. The Balaban J connectivity index is 5.23. The molecule has 0 rings (SSSR count). The standard InChI is InChI=1S/C60H116O17P2/c1-7-9-11-13-15-17-26-32-38-44-59(64)76-55(48-70-57(62)42-36-30-24-16-14-12-10-8-2)50-74-78(66,67)72-46-54(61)47-73-79(68,69)75-51-56(77-60(65)45-39-33-27-21-19-23-29-35-41-53(5)6)49-71-58(63)43-37-31-25-20-18-22-28-34-40-52(3)4/h52-56,61H,7-51H2,1-6H3,(H,66,67)(H,68,69)/t54-,55+,56+/m0/s1. The molecular weight excluding hydrogens is 1050 g/mol. The van der Waals surface area contributed by atoms with Gasteiger partial charge in [-0.15, -0.1) is 0 Å². The first kappa shape index (κ1) is 77.1. The Morgan fingerprint density at radius 1 is 0.342 bits per heavy atom. The summed E-state index contributed by atoms with van der Waals surface area (Å²) < 4.78 is 67.7. The van der Waals surface area contributed by atoms with Crippen LogP contribution < -0.4 is 0 Å². The van der Waals surface area contributed by atoms with Crippen LogP contribution in [0.1, 0.15) is 292 Å². The van der Waals surface area contributed by atoms with Gasteiger partial charge in [0.2, 0.25) is 0 Å². The summed E-state index contributed by atoms with van der Waals surface area (Å²) in [7, 11) is -9.87. The molecule has 3 N–H and O–H groups in total. The minimum atomic E-state index is -4.94. The summed E-state index contributed by atoms with van der Waals surface area (Å²) >= 11 is 0. The SMILES string of the molecule is CCCCCCCCCCCC(=O)O[C@H](COC(=O)CCCCCCCCCC)COP(=O)(O)OC[C@H](O)COP(=O)(O)OC[C@@H](COC(=O)CCCCCCCCCCC(C)C)OC(=O)CCCCCCCCCCC(C)C. The van der Waals surface area contributed by atoms with Crippen LogP contribution in [0.15, 0.2) is 0 Å². The Labute approximate surface area is 479 Å². The van der Waals surface area contributed by atoms with E-state index in [1.807, 2.05) is 0 Å². The van der Waals surface area contributed by atoms with Crippen molar-refractivity contribution < 1.29 is 80.2 Å². The van der Waals surface area contributed by atoms with Crippen LogP contribution in [-0.2, 0) is 65.4 Å². The Morgan fingerprint density at radius 2 is 0.582 bits per heavy atom. The predicted molar refractivity (Wildman–Crippen MR) is 312 cm³/mol. The van der Waals surface area contributed by atoms with Crippen molar-refractivity contribution in [2.45, 2.75) is 310 Å². The molecule has 0 aliphatic heterocycles. The monoisotopic (exact) mass is 1170 g/mol. The molecule has 0 aliphatic rings. The molecule has 0 amide bonds. The van der Waals surface area contributed by atoms with Gasteiger partial charge in [-0.1, -0.05) is 241 Å². The lowest BCUT2D eigenvalue weighted by molar-refractivity contribution is -0.161. The largest absolute Gasteiger partial charge is 0.472 e. The second-order valence-electron chi connectivity index (χ2n) is 22.7. The van der Waals surface area contributed by atoms with E-state index >= 15 is 0 Å². The number of phosphoric acid groups is 2. The third kappa shape index (κ3) is 55.0. The highest BCUT2D eigenvalue weighted by Gasteiger charge is 2.30. The number of phosphoric ester groups is 2. The average Bonchev–Trinajstić information content (AvgIpc) is 3.40. The van der Waals surface area contributed by atoms with Crippen molar-refractivity contribution >= 4 is 39.5 Å². The van der Waals surface area contributed by atoms with Crippen LogP contribution in [0.3, 0.4) is 0 Å². The number of esters is 4. The van der Waals surface area contributed by atoms with Gasteiger partial charge in [0.1, 0.15) is 19.3 Å². The average molecular weight is 1170 g/mol. The molecule has 0 heterocycles. The van der Waals surface area contributed by atoms with E-state index in [4.69, 9.17) is 37.0 Å². The van der Waals surface area contributed by atoms with Gasteiger partial charge >= 0.3 is 39.5 Å². The van der Waals surface area contributed by atoms with Crippen molar-refractivity contribution in [3.8, 4) is 0 Å². The molecule has 0 aromatic carbocycles. The van der Waals surface area contributed by atoms with Crippen molar-refractivity contribution in [3.05, 3.63) is 0 Å². The first-order valence-corrected chi connectivity index (χ1v) is 34.5. The number of hydrogen-bond acceptors (Lipinski definition) is 15. The number of aliphatic hydroxyl groups excluding tert-OH is 1. The maximum absolute atomic E-state index is 12.9. The van der Waals surface area contributed by atoms with Crippen LogP contribution in [0, 0.1) is 11.8 Å². The Morgan fingerprint density at radius 3 is 0.861 bits per heavy atom. The van der Waals surface area contributed by atoms with E-state index in [0.29, 0.717) is 25.7 Å². The van der Waals surface area contributed by atoms with Crippen molar-refractivity contribution in [2.24, 2.45) is 11.8 Å². The first-order chi connectivity index (χ1) is 37.9. The second kappa shape index (κ2) is 52.8. The zero-order chi connectivity index (χ0) is 58.7. The molecular formula is C60H116O17P2. The quantitative estimate of drug-likeness (QED) is 0.0222. The van der Waals surface area contributed by atoms with Crippen LogP contribution in [0.25, 0.3) is 0 Å².